The van der Waals surface area contributed by atoms with Crippen molar-refractivity contribution in [3.63, 3.8) is 0 Å². The van der Waals surface area contributed by atoms with Crippen molar-refractivity contribution in [2.45, 2.75) is 5.38 Å². The first-order chi connectivity index (χ1) is 7.29. The van der Waals surface area contributed by atoms with Gasteiger partial charge in [0.05, 0.1) is 5.38 Å². The summed E-state index contributed by atoms with van der Waals surface area (Å²) in [5.41, 5.74) is 1.43. The first-order valence-corrected chi connectivity index (χ1v) is 5.16. The molecule has 0 fully saturated rings. The van der Waals surface area contributed by atoms with Crippen LogP contribution in [-0.4, -0.2) is 0 Å². The second-order valence-electron chi connectivity index (χ2n) is 3.29. The fourth-order valence-corrected chi connectivity index (χ4v) is 1.80. The summed E-state index contributed by atoms with van der Waals surface area (Å²) in [6.45, 7) is 0. The summed E-state index contributed by atoms with van der Waals surface area (Å²) >= 11 is 6.20. The number of hydrogen-bond acceptors (Lipinski definition) is 0. The normalized spacial score (nSPS) is 12.4. The predicted molar refractivity (Wildman–Crippen MR) is 60.5 cm³/mol. The molecule has 0 aliphatic carbocycles. The molecular formula is C13H10ClF. The molecule has 0 aliphatic rings. The van der Waals surface area contributed by atoms with E-state index in [9.17, 15) is 4.39 Å². The Hall–Kier alpha value is -1.34. The highest BCUT2D eigenvalue weighted by Gasteiger charge is 2.13. The quantitative estimate of drug-likeness (QED) is 0.667. The van der Waals surface area contributed by atoms with Crippen molar-refractivity contribution in [1.82, 2.24) is 0 Å². The van der Waals surface area contributed by atoms with E-state index in [2.05, 4.69) is 0 Å². The van der Waals surface area contributed by atoms with Crippen molar-refractivity contribution in [3.8, 4) is 0 Å². The Balaban J connectivity index is 2.37. The summed E-state index contributed by atoms with van der Waals surface area (Å²) in [7, 11) is 0. The Labute approximate surface area is 93.3 Å². The lowest BCUT2D eigenvalue weighted by Gasteiger charge is -2.10. The average molecular weight is 221 g/mol. The molecule has 2 aromatic carbocycles. The van der Waals surface area contributed by atoms with E-state index in [1.54, 1.807) is 18.2 Å². The van der Waals surface area contributed by atoms with Crippen LogP contribution in [0.1, 0.15) is 16.5 Å². The fourth-order valence-electron chi connectivity index (χ4n) is 1.48. The van der Waals surface area contributed by atoms with Crippen LogP contribution in [0.15, 0.2) is 54.6 Å². The Morgan fingerprint density at radius 2 is 1.47 bits per heavy atom. The van der Waals surface area contributed by atoms with E-state index in [1.165, 1.54) is 6.07 Å². The van der Waals surface area contributed by atoms with E-state index in [-0.39, 0.29) is 5.82 Å². The molecule has 0 heterocycles. The third-order valence-electron chi connectivity index (χ3n) is 2.27. The minimum Gasteiger partial charge on any atom is -0.207 e. The highest BCUT2D eigenvalue weighted by molar-refractivity contribution is 6.22. The standard InChI is InChI=1S/C13H10ClF/c14-13(10-6-2-1-3-7-10)11-8-4-5-9-12(11)15/h1-9,13H. The molecule has 0 amide bonds. The summed E-state index contributed by atoms with van der Waals surface area (Å²) in [5, 5.41) is -0.424. The Kier molecular flexibility index (Phi) is 3.02. The van der Waals surface area contributed by atoms with Crippen LogP contribution >= 0.6 is 11.6 Å². The molecule has 2 heteroatoms. The zero-order chi connectivity index (χ0) is 10.7. The monoisotopic (exact) mass is 220 g/mol. The van der Waals surface area contributed by atoms with Gasteiger partial charge in [-0.2, -0.15) is 0 Å². The van der Waals surface area contributed by atoms with Gasteiger partial charge in [-0.1, -0.05) is 48.5 Å². The maximum Gasteiger partial charge on any atom is 0.128 e. The molecular weight excluding hydrogens is 211 g/mol. The van der Waals surface area contributed by atoms with E-state index in [0.717, 1.165) is 5.56 Å². The van der Waals surface area contributed by atoms with Crippen LogP contribution in [-0.2, 0) is 0 Å². The lowest BCUT2D eigenvalue weighted by atomic mass is 10.0. The van der Waals surface area contributed by atoms with Gasteiger partial charge >= 0.3 is 0 Å². The molecule has 15 heavy (non-hydrogen) atoms. The van der Waals surface area contributed by atoms with Crippen LogP contribution in [0.5, 0.6) is 0 Å². The van der Waals surface area contributed by atoms with Crippen LogP contribution in [0.4, 0.5) is 4.39 Å². The van der Waals surface area contributed by atoms with Gasteiger partial charge in [-0.3, -0.25) is 0 Å². The number of alkyl halides is 1. The minimum atomic E-state index is -0.424. The molecule has 0 spiro atoms. The maximum atomic E-state index is 13.4. The Bertz CT molecular complexity index is 439. The van der Waals surface area contributed by atoms with E-state index >= 15 is 0 Å². The Morgan fingerprint density at radius 1 is 0.867 bits per heavy atom. The van der Waals surface area contributed by atoms with Crippen LogP contribution in [0, 0.1) is 5.82 Å². The van der Waals surface area contributed by atoms with Gasteiger partial charge in [0, 0.05) is 5.56 Å². The van der Waals surface area contributed by atoms with Crippen LogP contribution in [0.25, 0.3) is 0 Å². The number of benzene rings is 2. The van der Waals surface area contributed by atoms with Crippen molar-refractivity contribution >= 4 is 11.6 Å². The molecule has 76 valence electrons. The average Bonchev–Trinajstić information content (AvgIpc) is 2.30. The van der Waals surface area contributed by atoms with Crippen molar-refractivity contribution in [2.75, 3.05) is 0 Å². The van der Waals surface area contributed by atoms with Gasteiger partial charge in [-0.15, -0.1) is 11.6 Å². The molecule has 1 atom stereocenters. The van der Waals surface area contributed by atoms with Gasteiger partial charge in [0.15, 0.2) is 0 Å². The maximum absolute atomic E-state index is 13.4. The minimum absolute atomic E-state index is 0.263. The first-order valence-electron chi connectivity index (χ1n) is 4.72. The summed E-state index contributed by atoms with van der Waals surface area (Å²) in [4.78, 5) is 0. The topological polar surface area (TPSA) is 0 Å². The van der Waals surface area contributed by atoms with Crippen molar-refractivity contribution in [1.29, 1.82) is 0 Å². The van der Waals surface area contributed by atoms with Gasteiger partial charge in [-0.05, 0) is 11.6 Å². The smallest absolute Gasteiger partial charge is 0.128 e. The molecule has 0 aromatic heterocycles. The molecule has 0 saturated heterocycles. The molecule has 1 unspecified atom stereocenters. The molecule has 0 saturated carbocycles. The van der Waals surface area contributed by atoms with E-state index in [4.69, 9.17) is 11.6 Å². The summed E-state index contributed by atoms with van der Waals surface area (Å²) in [6, 6.07) is 16.1. The summed E-state index contributed by atoms with van der Waals surface area (Å²) in [6.07, 6.45) is 0. The third kappa shape index (κ3) is 2.18. The largest absolute Gasteiger partial charge is 0.207 e. The summed E-state index contributed by atoms with van der Waals surface area (Å²) < 4.78 is 13.4. The molecule has 0 bridgehead atoms. The molecule has 0 aliphatic heterocycles. The van der Waals surface area contributed by atoms with E-state index < -0.39 is 5.38 Å². The Morgan fingerprint density at radius 3 is 2.13 bits per heavy atom. The lowest BCUT2D eigenvalue weighted by molar-refractivity contribution is 0.612. The van der Waals surface area contributed by atoms with Gasteiger partial charge in [-0.25, -0.2) is 4.39 Å². The SMILES string of the molecule is Fc1ccccc1C(Cl)c1ccccc1. The van der Waals surface area contributed by atoms with Crippen molar-refractivity contribution in [3.05, 3.63) is 71.5 Å². The zero-order valence-corrected chi connectivity index (χ0v) is 8.79. The van der Waals surface area contributed by atoms with E-state index in [0.29, 0.717) is 5.56 Å². The van der Waals surface area contributed by atoms with Crippen molar-refractivity contribution < 1.29 is 4.39 Å². The number of hydrogen-bond donors (Lipinski definition) is 0. The fraction of sp³-hybridized carbons (Fsp3) is 0.0769. The van der Waals surface area contributed by atoms with Crippen LogP contribution in [0.3, 0.4) is 0 Å². The van der Waals surface area contributed by atoms with Gasteiger partial charge in [0.2, 0.25) is 0 Å². The molecule has 0 nitrogen and oxygen atoms in total. The van der Waals surface area contributed by atoms with Gasteiger partial charge in [0.1, 0.15) is 5.82 Å². The highest BCUT2D eigenvalue weighted by Crippen LogP contribution is 2.29. The summed E-state index contributed by atoms with van der Waals surface area (Å²) in [5.74, 6) is -0.263. The number of halogens is 2. The molecule has 2 rings (SSSR count). The van der Waals surface area contributed by atoms with Gasteiger partial charge < -0.3 is 0 Å². The lowest BCUT2D eigenvalue weighted by Crippen LogP contribution is -1.96. The van der Waals surface area contributed by atoms with E-state index in [1.807, 2.05) is 30.3 Å². The molecule has 0 radical (unpaired) electrons. The van der Waals surface area contributed by atoms with Gasteiger partial charge in [0.25, 0.3) is 0 Å². The second kappa shape index (κ2) is 4.45. The van der Waals surface area contributed by atoms with Crippen LogP contribution in [0.2, 0.25) is 0 Å². The number of rotatable bonds is 2. The first kappa shape index (κ1) is 10.2. The van der Waals surface area contributed by atoms with Crippen LogP contribution < -0.4 is 0 Å². The second-order valence-corrected chi connectivity index (χ2v) is 3.73. The molecule has 2 aromatic rings. The third-order valence-corrected chi connectivity index (χ3v) is 2.76. The highest BCUT2D eigenvalue weighted by atomic mass is 35.5. The predicted octanol–water partition coefficient (Wildman–Crippen LogP) is 4.15. The zero-order valence-electron chi connectivity index (χ0n) is 8.03. The molecule has 0 N–H and O–H groups in total. The van der Waals surface area contributed by atoms with Crippen molar-refractivity contribution in [2.24, 2.45) is 0 Å².